The van der Waals surface area contributed by atoms with Crippen molar-refractivity contribution in [2.75, 3.05) is 33.2 Å². The molecule has 0 amide bonds. The number of halogens is 2. The molecule has 3 aromatic rings. The summed E-state index contributed by atoms with van der Waals surface area (Å²) in [5.74, 6) is -1.25. The molecule has 1 aliphatic rings. The van der Waals surface area contributed by atoms with Gasteiger partial charge in [0.25, 0.3) is 0 Å². The van der Waals surface area contributed by atoms with Crippen LogP contribution in [0.3, 0.4) is 0 Å². The van der Waals surface area contributed by atoms with Crippen molar-refractivity contribution in [3.05, 3.63) is 48.3 Å². The first kappa shape index (κ1) is 24.2. The molecule has 1 fully saturated rings. The number of pyridine rings is 1. The number of aromatic nitrogens is 3. The summed E-state index contributed by atoms with van der Waals surface area (Å²) < 4.78 is 54.5. The van der Waals surface area contributed by atoms with Crippen LogP contribution in [0, 0.1) is 5.92 Å². The van der Waals surface area contributed by atoms with Crippen molar-refractivity contribution >= 4 is 21.8 Å². The van der Waals surface area contributed by atoms with E-state index in [0.29, 0.717) is 22.5 Å². The fourth-order valence-corrected chi connectivity index (χ4v) is 3.90. The summed E-state index contributed by atoms with van der Waals surface area (Å²) in [6, 6.07) is 10.7. The molecule has 1 aromatic carbocycles. The molecule has 0 saturated carbocycles. The average Bonchev–Trinajstić information content (AvgIpc) is 3.23. The van der Waals surface area contributed by atoms with Crippen LogP contribution in [0.1, 0.15) is 5.69 Å². The first-order chi connectivity index (χ1) is 14.6. The molecule has 0 N–H and O–H groups in total. The fourth-order valence-electron chi connectivity index (χ4n) is 2.94. The number of nitrogens with zero attached hydrogens (tertiary/aromatic N) is 3. The molecule has 2 aromatic heterocycles. The van der Waals surface area contributed by atoms with Gasteiger partial charge in [-0.25, -0.2) is 8.78 Å². The van der Waals surface area contributed by atoms with E-state index in [4.69, 9.17) is 14.2 Å². The quantitative estimate of drug-likeness (QED) is 0.423. The molecule has 31 heavy (non-hydrogen) atoms. The van der Waals surface area contributed by atoms with Gasteiger partial charge in [0, 0.05) is 23.3 Å². The van der Waals surface area contributed by atoms with E-state index < -0.39 is 29.9 Å². The van der Waals surface area contributed by atoms with Crippen LogP contribution in [0.4, 0.5) is 8.78 Å². The Balaban J connectivity index is 0.00000272. The maximum Gasteiger partial charge on any atom is 1.00 e. The third-order valence-corrected chi connectivity index (χ3v) is 5.79. The summed E-state index contributed by atoms with van der Waals surface area (Å²) in [5.41, 5.74) is 1.98. The molecule has 1 atom stereocenters. The van der Waals surface area contributed by atoms with Crippen molar-refractivity contribution in [2.45, 2.75) is 16.7 Å². The summed E-state index contributed by atoms with van der Waals surface area (Å²) in [6.45, 7) is -1.55. The number of para-hydroxylation sites is 2. The Kier molecular flexibility index (Phi) is 8.54. The smallest absolute Gasteiger partial charge is 0.493 e. The third-order valence-electron chi connectivity index (χ3n) is 4.64. The number of benzene rings is 1. The largest absolute Gasteiger partial charge is 1.00 e. The fraction of sp³-hybridized carbons (Fsp3) is 0.400. The first-order valence-corrected chi connectivity index (χ1v) is 10.7. The van der Waals surface area contributed by atoms with Gasteiger partial charge < -0.3 is 24.2 Å². The standard InChI is InChI=1S/C20H20F2N3O4S.Na/c21-12-20(13-22)28-9-14(10-29-20)8-27-16-5-6-23-15(7-16)11-30(26)19-24-17-3-1-2-4-18(17)25-19;/h1-7,14H,8-13H2;/q-1;+1. The monoisotopic (exact) mass is 459 g/mol. The predicted octanol–water partition coefficient (Wildman–Crippen LogP) is -0.424. The topological polar surface area (TPSA) is 84.6 Å². The second-order valence-corrected chi connectivity index (χ2v) is 8.29. The van der Waals surface area contributed by atoms with Crippen LogP contribution < -0.4 is 39.3 Å². The maximum atomic E-state index is 12.9. The number of ether oxygens (including phenoxy) is 3. The molecule has 4 rings (SSSR count). The van der Waals surface area contributed by atoms with Gasteiger partial charge in [-0.15, -0.1) is 0 Å². The van der Waals surface area contributed by atoms with Gasteiger partial charge in [0.1, 0.15) is 19.1 Å². The van der Waals surface area contributed by atoms with E-state index in [1.165, 1.54) is 0 Å². The molecule has 0 radical (unpaired) electrons. The van der Waals surface area contributed by atoms with Gasteiger partial charge in [0.2, 0.25) is 5.79 Å². The minimum absolute atomic E-state index is 0. The van der Waals surface area contributed by atoms with Crippen molar-refractivity contribution in [2.24, 2.45) is 5.92 Å². The molecule has 11 heteroatoms. The van der Waals surface area contributed by atoms with Gasteiger partial charge in [0.15, 0.2) is 0 Å². The Labute approximate surface area is 202 Å². The van der Waals surface area contributed by atoms with Crippen molar-refractivity contribution in [3.63, 3.8) is 0 Å². The summed E-state index contributed by atoms with van der Waals surface area (Å²) in [4.78, 5) is 12.8. The number of imidazole rings is 1. The van der Waals surface area contributed by atoms with Crippen LogP contribution >= 0.6 is 0 Å². The summed E-state index contributed by atoms with van der Waals surface area (Å²) in [5, 5.41) is 0.269. The molecule has 1 unspecified atom stereocenters. The van der Waals surface area contributed by atoms with Crippen LogP contribution in [0.15, 0.2) is 47.8 Å². The Bertz CT molecular complexity index is 991. The zero-order valence-corrected chi connectivity index (χ0v) is 19.8. The SMILES string of the molecule is O=S(Cc1cc(OCC2COC(CF)(CF)OC2)ccn1)c1nc2ccccc2[n-]1.[Na+]. The molecule has 1 saturated heterocycles. The van der Waals surface area contributed by atoms with E-state index in [1.807, 2.05) is 24.3 Å². The van der Waals surface area contributed by atoms with Gasteiger partial charge in [-0.2, -0.15) is 0 Å². The second-order valence-electron chi connectivity index (χ2n) is 6.94. The van der Waals surface area contributed by atoms with E-state index in [1.54, 1.807) is 18.3 Å². The van der Waals surface area contributed by atoms with E-state index in [2.05, 4.69) is 15.0 Å². The molecule has 1 aliphatic heterocycles. The normalized spacial score (nSPS) is 17.2. The second kappa shape index (κ2) is 10.9. The van der Waals surface area contributed by atoms with Crippen LogP contribution in [-0.2, 0) is 26.0 Å². The van der Waals surface area contributed by atoms with Crippen molar-refractivity contribution in [1.82, 2.24) is 15.0 Å². The van der Waals surface area contributed by atoms with Crippen LogP contribution in [0.5, 0.6) is 5.75 Å². The van der Waals surface area contributed by atoms with Crippen molar-refractivity contribution in [1.29, 1.82) is 0 Å². The summed E-state index contributed by atoms with van der Waals surface area (Å²) in [6.07, 6.45) is 1.56. The van der Waals surface area contributed by atoms with Crippen molar-refractivity contribution < 1.29 is 56.8 Å². The van der Waals surface area contributed by atoms with Gasteiger partial charge in [-0.05, 0) is 17.1 Å². The zero-order valence-electron chi connectivity index (χ0n) is 17.0. The average molecular weight is 459 g/mol. The number of alkyl halides is 2. The number of hydrogen-bond acceptors (Lipinski definition) is 6. The number of hydrogen-bond donors (Lipinski definition) is 0. The third kappa shape index (κ3) is 5.88. The molecular formula is C20H20F2N3NaO4S. The molecule has 0 bridgehead atoms. The minimum atomic E-state index is -1.78. The summed E-state index contributed by atoms with van der Waals surface area (Å²) >= 11 is 0. The summed E-state index contributed by atoms with van der Waals surface area (Å²) in [7, 11) is -1.45. The first-order valence-electron chi connectivity index (χ1n) is 9.36. The van der Waals surface area contributed by atoms with E-state index >= 15 is 0 Å². The number of fused-ring (bicyclic) bond motifs is 1. The Morgan fingerprint density at radius 3 is 2.65 bits per heavy atom. The van der Waals surface area contributed by atoms with Gasteiger partial charge in [-0.1, -0.05) is 24.3 Å². The van der Waals surface area contributed by atoms with Crippen LogP contribution in [-0.4, -0.2) is 53.1 Å². The maximum absolute atomic E-state index is 12.9. The predicted molar refractivity (Wildman–Crippen MR) is 105 cm³/mol. The van der Waals surface area contributed by atoms with Crippen molar-refractivity contribution in [3.8, 4) is 5.75 Å². The Morgan fingerprint density at radius 1 is 1.19 bits per heavy atom. The van der Waals surface area contributed by atoms with E-state index in [-0.39, 0.29) is 66.2 Å². The van der Waals surface area contributed by atoms with E-state index in [0.717, 1.165) is 0 Å². The minimum Gasteiger partial charge on any atom is -0.493 e. The van der Waals surface area contributed by atoms with Gasteiger partial charge in [0.05, 0.1) is 42.1 Å². The van der Waals surface area contributed by atoms with E-state index in [9.17, 15) is 13.0 Å². The molecule has 7 nitrogen and oxygen atoms in total. The molecular weight excluding hydrogens is 439 g/mol. The van der Waals surface area contributed by atoms with Crippen LogP contribution in [0.25, 0.3) is 11.0 Å². The van der Waals surface area contributed by atoms with Gasteiger partial charge >= 0.3 is 29.6 Å². The molecule has 160 valence electrons. The van der Waals surface area contributed by atoms with Gasteiger partial charge in [-0.3, -0.25) is 9.19 Å². The Hall–Kier alpha value is -1.43. The molecule has 3 heterocycles. The number of rotatable bonds is 8. The molecule has 0 aliphatic carbocycles. The molecule has 0 spiro atoms. The zero-order chi connectivity index (χ0) is 21.0. The van der Waals surface area contributed by atoms with Crippen LogP contribution in [0.2, 0.25) is 0 Å². The Morgan fingerprint density at radius 2 is 1.94 bits per heavy atom.